The number of hydrogen-bond acceptors (Lipinski definition) is 6. The first kappa shape index (κ1) is 19.2. The molecule has 1 unspecified atom stereocenters. The van der Waals surface area contributed by atoms with Gasteiger partial charge < -0.3 is 24.6 Å². The van der Waals surface area contributed by atoms with Crippen LogP contribution in [0.1, 0.15) is 12.5 Å². The number of benzene rings is 1. The molecule has 1 N–H and O–H groups in total. The van der Waals surface area contributed by atoms with E-state index in [0.29, 0.717) is 31.2 Å². The lowest BCUT2D eigenvalue weighted by atomic mass is 10.1. The third-order valence-corrected chi connectivity index (χ3v) is 5.06. The number of hydrogen-bond donors (Lipinski definition) is 1. The molecule has 3 heterocycles. The highest BCUT2D eigenvalue weighted by Crippen LogP contribution is 2.33. The van der Waals surface area contributed by atoms with Crippen LogP contribution in [0.25, 0.3) is 0 Å². The summed E-state index contributed by atoms with van der Waals surface area (Å²) in [5.74, 6) is 1.06. The Morgan fingerprint density at radius 1 is 1.17 bits per heavy atom. The van der Waals surface area contributed by atoms with E-state index in [2.05, 4.69) is 15.2 Å². The van der Waals surface area contributed by atoms with Crippen LogP contribution in [0, 0.1) is 0 Å². The second-order valence-corrected chi connectivity index (χ2v) is 7.05. The summed E-state index contributed by atoms with van der Waals surface area (Å²) in [5.41, 5.74) is 1.59. The lowest BCUT2D eigenvalue weighted by molar-refractivity contribution is -0.128. The summed E-state index contributed by atoms with van der Waals surface area (Å²) in [5, 5.41) is 2.88. The summed E-state index contributed by atoms with van der Waals surface area (Å²) in [4.78, 5) is 32.9. The molecule has 0 spiro atoms. The fraction of sp³-hybridized carbons (Fsp3) is 0.381. The lowest BCUT2D eigenvalue weighted by Gasteiger charge is -2.33. The Morgan fingerprint density at radius 2 is 1.97 bits per heavy atom. The number of anilines is 2. The number of nitrogens with zero attached hydrogens (tertiary/aromatic N) is 3. The third-order valence-electron chi connectivity index (χ3n) is 5.06. The van der Waals surface area contributed by atoms with Crippen molar-refractivity contribution in [2.24, 2.45) is 0 Å². The Labute approximate surface area is 169 Å². The van der Waals surface area contributed by atoms with E-state index in [1.807, 2.05) is 30.3 Å². The van der Waals surface area contributed by atoms with Crippen molar-refractivity contribution in [3.63, 3.8) is 0 Å². The van der Waals surface area contributed by atoms with Gasteiger partial charge in [-0.3, -0.25) is 9.59 Å². The number of para-hydroxylation sites is 2. The van der Waals surface area contributed by atoms with Gasteiger partial charge in [-0.05, 0) is 23.8 Å². The van der Waals surface area contributed by atoms with Crippen LogP contribution in [0.4, 0.5) is 11.5 Å². The summed E-state index contributed by atoms with van der Waals surface area (Å²) >= 11 is 0. The van der Waals surface area contributed by atoms with Gasteiger partial charge in [-0.1, -0.05) is 18.2 Å². The molecule has 4 rings (SSSR count). The summed E-state index contributed by atoms with van der Waals surface area (Å²) in [7, 11) is 0. The first-order chi connectivity index (χ1) is 14.1. The van der Waals surface area contributed by atoms with E-state index in [1.165, 1.54) is 6.92 Å². The maximum Gasteiger partial charge on any atom is 0.263 e. The standard InChI is InChI=1S/C21H24N4O4/c1-15(26)25-14-19(29-18-5-3-2-4-17(18)25)21(27)23-13-16-6-7-20(22-12-16)24-8-10-28-11-9-24/h2-7,12,19H,8-11,13-14H2,1H3,(H,23,27). The van der Waals surface area contributed by atoms with Crippen LogP contribution in [-0.2, 0) is 20.9 Å². The van der Waals surface area contributed by atoms with Crippen molar-refractivity contribution in [2.75, 3.05) is 42.6 Å². The maximum atomic E-state index is 12.6. The third kappa shape index (κ3) is 4.32. The highest BCUT2D eigenvalue weighted by Gasteiger charge is 2.32. The van der Waals surface area contributed by atoms with Crippen molar-refractivity contribution in [2.45, 2.75) is 19.6 Å². The van der Waals surface area contributed by atoms with E-state index in [0.717, 1.165) is 24.5 Å². The number of pyridine rings is 1. The predicted molar refractivity (Wildman–Crippen MR) is 108 cm³/mol. The van der Waals surface area contributed by atoms with Crippen molar-refractivity contribution in [3.05, 3.63) is 48.2 Å². The van der Waals surface area contributed by atoms with Crippen LogP contribution in [0.15, 0.2) is 42.6 Å². The van der Waals surface area contributed by atoms with Crippen LogP contribution < -0.4 is 19.9 Å². The molecule has 1 saturated heterocycles. The Hall–Kier alpha value is -3.13. The molecule has 0 aliphatic carbocycles. The highest BCUT2D eigenvalue weighted by atomic mass is 16.5. The molecule has 2 aliphatic rings. The largest absolute Gasteiger partial charge is 0.477 e. The fourth-order valence-corrected chi connectivity index (χ4v) is 3.47. The van der Waals surface area contributed by atoms with Gasteiger partial charge >= 0.3 is 0 Å². The fourth-order valence-electron chi connectivity index (χ4n) is 3.47. The summed E-state index contributed by atoms with van der Waals surface area (Å²) in [6, 6.07) is 11.1. The molecule has 0 bridgehead atoms. The number of aromatic nitrogens is 1. The molecule has 1 fully saturated rings. The molecular formula is C21H24N4O4. The second-order valence-electron chi connectivity index (χ2n) is 7.05. The second kappa shape index (κ2) is 8.48. The van der Waals surface area contributed by atoms with Gasteiger partial charge in [0, 0.05) is 32.8 Å². The summed E-state index contributed by atoms with van der Waals surface area (Å²) < 4.78 is 11.2. The van der Waals surface area contributed by atoms with E-state index in [1.54, 1.807) is 17.2 Å². The van der Waals surface area contributed by atoms with Gasteiger partial charge in [-0.2, -0.15) is 0 Å². The maximum absolute atomic E-state index is 12.6. The number of fused-ring (bicyclic) bond motifs is 1. The van der Waals surface area contributed by atoms with Crippen LogP contribution in [0.3, 0.4) is 0 Å². The normalized spacial score (nSPS) is 18.6. The van der Waals surface area contributed by atoms with Crippen LogP contribution in [0.2, 0.25) is 0 Å². The van der Waals surface area contributed by atoms with Gasteiger partial charge in [0.15, 0.2) is 6.10 Å². The molecule has 0 radical (unpaired) electrons. The zero-order valence-electron chi connectivity index (χ0n) is 16.3. The van der Waals surface area contributed by atoms with Gasteiger partial charge in [-0.25, -0.2) is 4.98 Å². The molecule has 0 saturated carbocycles. The molecule has 1 aromatic heterocycles. The molecule has 2 aromatic rings. The molecule has 1 atom stereocenters. The molecule has 1 aromatic carbocycles. The van der Waals surface area contributed by atoms with Crippen molar-refractivity contribution in [1.82, 2.24) is 10.3 Å². The van der Waals surface area contributed by atoms with Gasteiger partial charge in [0.1, 0.15) is 11.6 Å². The SMILES string of the molecule is CC(=O)N1CC(C(=O)NCc2ccc(N3CCOCC3)nc2)Oc2ccccc21. The Morgan fingerprint density at radius 3 is 2.69 bits per heavy atom. The van der Waals surface area contributed by atoms with E-state index in [9.17, 15) is 9.59 Å². The van der Waals surface area contributed by atoms with Crippen molar-refractivity contribution in [1.29, 1.82) is 0 Å². The van der Waals surface area contributed by atoms with Crippen LogP contribution >= 0.6 is 0 Å². The van der Waals surface area contributed by atoms with Crippen LogP contribution in [0.5, 0.6) is 5.75 Å². The van der Waals surface area contributed by atoms with Gasteiger partial charge in [-0.15, -0.1) is 0 Å². The van der Waals surface area contributed by atoms with Gasteiger partial charge in [0.2, 0.25) is 5.91 Å². The zero-order chi connectivity index (χ0) is 20.2. The summed E-state index contributed by atoms with van der Waals surface area (Å²) in [6.45, 7) is 5.09. The molecule has 29 heavy (non-hydrogen) atoms. The topological polar surface area (TPSA) is 84.0 Å². The Kier molecular flexibility index (Phi) is 5.62. The molecule has 152 valence electrons. The quantitative estimate of drug-likeness (QED) is 0.840. The minimum absolute atomic E-state index is 0.124. The number of carbonyl (C=O) groups is 2. The highest BCUT2D eigenvalue weighted by molar-refractivity contribution is 5.95. The monoisotopic (exact) mass is 396 g/mol. The average molecular weight is 396 g/mol. The Bertz CT molecular complexity index is 881. The minimum atomic E-state index is -0.755. The van der Waals surface area contributed by atoms with Crippen molar-refractivity contribution >= 4 is 23.3 Å². The number of amides is 2. The van der Waals surface area contributed by atoms with E-state index in [4.69, 9.17) is 9.47 Å². The van der Waals surface area contributed by atoms with Crippen molar-refractivity contribution < 1.29 is 19.1 Å². The molecule has 8 nitrogen and oxygen atoms in total. The lowest BCUT2D eigenvalue weighted by Crippen LogP contribution is -2.50. The molecule has 8 heteroatoms. The predicted octanol–water partition coefficient (Wildman–Crippen LogP) is 1.35. The first-order valence-electron chi connectivity index (χ1n) is 9.71. The smallest absolute Gasteiger partial charge is 0.263 e. The molecule has 2 aliphatic heterocycles. The average Bonchev–Trinajstić information content (AvgIpc) is 2.77. The minimum Gasteiger partial charge on any atom is -0.477 e. The van der Waals surface area contributed by atoms with E-state index >= 15 is 0 Å². The number of rotatable bonds is 4. The number of morpholine rings is 1. The van der Waals surface area contributed by atoms with Gasteiger partial charge in [0.05, 0.1) is 25.4 Å². The Balaban J connectivity index is 1.36. The number of ether oxygens (including phenoxy) is 2. The summed E-state index contributed by atoms with van der Waals surface area (Å²) in [6.07, 6.45) is 1.01. The number of nitrogens with one attached hydrogen (secondary N) is 1. The van der Waals surface area contributed by atoms with E-state index < -0.39 is 6.10 Å². The van der Waals surface area contributed by atoms with E-state index in [-0.39, 0.29) is 18.4 Å². The molecular weight excluding hydrogens is 372 g/mol. The van der Waals surface area contributed by atoms with Crippen molar-refractivity contribution in [3.8, 4) is 5.75 Å². The van der Waals surface area contributed by atoms with Crippen LogP contribution in [-0.4, -0.2) is 55.8 Å². The zero-order valence-corrected chi connectivity index (χ0v) is 16.3. The van der Waals surface area contributed by atoms with Gasteiger partial charge in [0.25, 0.3) is 5.91 Å². The molecule has 2 amide bonds. The first-order valence-corrected chi connectivity index (χ1v) is 9.71. The number of carbonyl (C=O) groups excluding carboxylic acids is 2.